The smallest absolute Gasteiger partial charge is 0.162 e. The van der Waals surface area contributed by atoms with Gasteiger partial charge in [0.1, 0.15) is 35.2 Å². The van der Waals surface area contributed by atoms with E-state index in [0.29, 0.717) is 33.4 Å². The lowest BCUT2D eigenvalue weighted by molar-refractivity contribution is 0.0457. The molecular formula is C22H21N5O3S. The molecule has 0 radical (unpaired) electrons. The highest BCUT2D eigenvalue weighted by Gasteiger charge is 2.24. The fraction of sp³-hybridized carbons (Fsp3) is 0.273. The molecule has 1 aliphatic heterocycles. The molecule has 1 unspecified atom stereocenters. The van der Waals surface area contributed by atoms with Gasteiger partial charge in [0.2, 0.25) is 0 Å². The molecular weight excluding hydrogens is 414 g/mol. The summed E-state index contributed by atoms with van der Waals surface area (Å²) in [6, 6.07) is 9.37. The lowest BCUT2D eigenvalue weighted by atomic mass is 9.96. The molecule has 0 amide bonds. The van der Waals surface area contributed by atoms with Crippen molar-refractivity contribution in [3.8, 4) is 34.8 Å². The van der Waals surface area contributed by atoms with Crippen molar-refractivity contribution in [2.24, 2.45) is 4.99 Å². The molecule has 158 valence electrons. The first-order valence-corrected chi connectivity index (χ1v) is 10.5. The zero-order valence-corrected chi connectivity index (χ0v) is 17.9. The van der Waals surface area contributed by atoms with Crippen molar-refractivity contribution in [2.75, 3.05) is 24.7 Å². The van der Waals surface area contributed by atoms with Gasteiger partial charge in [-0.1, -0.05) is 23.9 Å². The second-order valence-electron chi connectivity index (χ2n) is 6.50. The average Bonchev–Trinajstić information content (AvgIpc) is 2.80. The SMILES string of the molecule is CC=N/C(=C\C)CSc1nc(N)c(C#N)c(-c2ccc3c(c2)OCC(CO)O3)c1C#N. The van der Waals surface area contributed by atoms with Gasteiger partial charge in [-0.05, 0) is 31.5 Å². The maximum atomic E-state index is 9.92. The number of aliphatic hydroxyl groups excluding tert-OH is 1. The second kappa shape index (κ2) is 9.98. The summed E-state index contributed by atoms with van der Waals surface area (Å²) in [5, 5.41) is 29.3. The Morgan fingerprint density at radius 3 is 2.74 bits per heavy atom. The molecule has 0 aliphatic carbocycles. The minimum absolute atomic E-state index is 0.0512. The molecule has 2 heterocycles. The van der Waals surface area contributed by atoms with E-state index in [1.165, 1.54) is 11.8 Å². The predicted molar refractivity (Wildman–Crippen MR) is 119 cm³/mol. The van der Waals surface area contributed by atoms with Crippen molar-refractivity contribution in [2.45, 2.75) is 25.0 Å². The first kappa shape index (κ1) is 22.2. The van der Waals surface area contributed by atoms with Gasteiger partial charge in [-0.2, -0.15) is 10.5 Å². The van der Waals surface area contributed by atoms with Crippen LogP contribution in [0, 0.1) is 22.7 Å². The van der Waals surface area contributed by atoms with E-state index in [0.717, 1.165) is 5.70 Å². The summed E-state index contributed by atoms with van der Waals surface area (Å²) in [5.41, 5.74) is 8.29. The van der Waals surface area contributed by atoms with Gasteiger partial charge in [0.15, 0.2) is 17.6 Å². The number of nitrogens with zero attached hydrogens (tertiary/aromatic N) is 4. The number of aliphatic hydroxyl groups is 1. The summed E-state index contributed by atoms with van der Waals surface area (Å²) in [5.74, 6) is 1.50. The summed E-state index contributed by atoms with van der Waals surface area (Å²) in [6.07, 6.45) is 3.14. The fourth-order valence-corrected chi connectivity index (χ4v) is 4.04. The molecule has 8 nitrogen and oxygen atoms in total. The molecule has 31 heavy (non-hydrogen) atoms. The van der Waals surface area contributed by atoms with Crippen molar-refractivity contribution in [3.63, 3.8) is 0 Å². The van der Waals surface area contributed by atoms with Crippen LogP contribution in [0.1, 0.15) is 25.0 Å². The Morgan fingerprint density at radius 1 is 1.32 bits per heavy atom. The Balaban J connectivity index is 2.09. The largest absolute Gasteiger partial charge is 0.486 e. The molecule has 3 rings (SSSR count). The summed E-state index contributed by atoms with van der Waals surface area (Å²) in [4.78, 5) is 8.59. The van der Waals surface area contributed by atoms with E-state index in [2.05, 4.69) is 22.1 Å². The molecule has 1 aromatic carbocycles. The summed E-state index contributed by atoms with van der Waals surface area (Å²) >= 11 is 1.33. The highest BCUT2D eigenvalue weighted by molar-refractivity contribution is 7.99. The zero-order chi connectivity index (χ0) is 22.4. The molecule has 9 heteroatoms. The van der Waals surface area contributed by atoms with Gasteiger partial charge in [-0.25, -0.2) is 4.98 Å². The van der Waals surface area contributed by atoms with Crippen LogP contribution in [-0.4, -0.2) is 41.4 Å². The van der Waals surface area contributed by atoms with Crippen molar-refractivity contribution < 1.29 is 14.6 Å². The molecule has 0 spiro atoms. The van der Waals surface area contributed by atoms with Crippen molar-refractivity contribution in [1.29, 1.82) is 10.5 Å². The van der Waals surface area contributed by atoms with E-state index in [1.807, 2.05) is 19.9 Å². The van der Waals surface area contributed by atoms with Gasteiger partial charge in [-0.15, -0.1) is 0 Å². The number of aromatic nitrogens is 1. The highest BCUT2D eigenvalue weighted by Crippen LogP contribution is 2.40. The number of fused-ring (bicyclic) bond motifs is 1. The Labute approximate surface area is 184 Å². The van der Waals surface area contributed by atoms with E-state index in [-0.39, 0.29) is 30.2 Å². The van der Waals surface area contributed by atoms with Gasteiger partial charge in [0.05, 0.1) is 12.2 Å². The summed E-state index contributed by atoms with van der Waals surface area (Å²) in [6.45, 7) is 3.76. The zero-order valence-electron chi connectivity index (χ0n) is 17.1. The molecule has 1 aromatic heterocycles. The number of allylic oxidation sites excluding steroid dienone is 1. The van der Waals surface area contributed by atoms with Crippen LogP contribution < -0.4 is 15.2 Å². The summed E-state index contributed by atoms with van der Waals surface area (Å²) in [7, 11) is 0. The molecule has 0 bridgehead atoms. The van der Waals surface area contributed by atoms with E-state index in [1.54, 1.807) is 24.4 Å². The number of nitrogen functional groups attached to an aromatic ring is 1. The van der Waals surface area contributed by atoms with Crippen LogP contribution in [0.5, 0.6) is 11.5 Å². The van der Waals surface area contributed by atoms with Crippen molar-refractivity contribution in [1.82, 2.24) is 4.98 Å². The number of anilines is 1. The number of ether oxygens (including phenoxy) is 2. The third-order valence-electron chi connectivity index (χ3n) is 4.55. The topological polar surface area (TPSA) is 138 Å². The van der Waals surface area contributed by atoms with E-state index < -0.39 is 6.10 Å². The third-order valence-corrected chi connectivity index (χ3v) is 5.56. The number of benzene rings is 1. The number of nitriles is 2. The van der Waals surface area contributed by atoms with Crippen LogP contribution in [0.25, 0.3) is 11.1 Å². The monoisotopic (exact) mass is 435 g/mol. The second-order valence-corrected chi connectivity index (χ2v) is 7.47. The molecule has 2 aromatic rings. The van der Waals surface area contributed by atoms with Gasteiger partial charge in [-0.3, -0.25) is 4.99 Å². The quantitative estimate of drug-likeness (QED) is 0.521. The molecule has 0 saturated carbocycles. The molecule has 3 N–H and O–H groups in total. The van der Waals surface area contributed by atoms with Gasteiger partial charge in [0.25, 0.3) is 0 Å². The Bertz CT molecular complexity index is 1130. The molecule has 1 aliphatic rings. The van der Waals surface area contributed by atoms with Crippen LogP contribution in [0.3, 0.4) is 0 Å². The lowest BCUT2D eigenvalue weighted by Crippen LogP contribution is -2.32. The first-order valence-electron chi connectivity index (χ1n) is 9.51. The number of pyridine rings is 1. The van der Waals surface area contributed by atoms with E-state index in [4.69, 9.17) is 15.2 Å². The number of aliphatic imine (C=N–C) groups is 1. The predicted octanol–water partition coefficient (Wildman–Crippen LogP) is 3.29. The number of hydrogen-bond acceptors (Lipinski definition) is 9. The average molecular weight is 436 g/mol. The lowest BCUT2D eigenvalue weighted by Gasteiger charge is -2.25. The van der Waals surface area contributed by atoms with E-state index >= 15 is 0 Å². The van der Waals surface area contributed by atoms with Crippen molar-refractivity contribution >= 4 is 23.8 Å². The molecule has 0 fully saturated rings. The van der Waals surface area contributed by atoms with Crippen molar-refractivity contribution in [3.05, 3.63) is 41.1 Å². The van der Waals surface area contributed by atoms with Gasteiger partial charge >= 0.3 is 0 Å². The standard InChI is InChI=1S/C22H21N5O3S/c1-3-14(26-4-2)12-31-22-17(9-24)20(16(8-23)21(25)27-22)13-5-6-18-19(7-13)29-11-15(10-28)30-18/h3-7,15,28H,10-12H2,1-2H3,(H2,25,27)/b14-3-,26-4?. The van der Waals surface area contributed by atoms with Crippen LogP contribution >= 0.6 is 11.8 Å². The first-order chi connectivity index (χ1) is 15.1. The number of thioether (sulfide) groups is 1. The number of rotatable bonds is 6. The van der Waals surface area contributed by atoms with Gasteiger partial charge in [0, 0.05) is 23.2 Å². The van der Waals surface area contributed by atoms with E-state index in [9.17, 15) is 15.6 Å². The Morgan fingerprint density at radius 2 is 2.10 bits per heavy atom. The maximum Gasteiger partial charge on any atom is 0.162 e. The van der Waals surface area contributed by atoms with Gasteiger partial charge < -0.3 is 20.3 Å². The van der Waals surface area contributed by atoms with Crippen LogP contribution in [0.2, 0.25) is 0 Å². The highest BCUT2D eigenvalue weighted by atomic mass is 32.2. The maximum absolute atomic E-state index is 9.92. The number of hydrogen-bond donors (Lipinski definition) is 2. The molecule has 0 saturated heterocycles. The third kappa shape index (κ3) is 4.64. The summed E-state index contributed by atoms with van der Waals surface area (Å²) < 4.78 is 11.4. The Kier molecular flexibility index (Phi) is 7.14. The number of nitrogens with two attached hydrogens (primary N) is 1. The molecule has 1 atom stereocenters. The minimum Gasteiger partial charge on any atom is -0.486 e. The normalized spacial score (nSPS) is 15.5. The fourth-order valence-electron chi connectivity index (χ4n) is 3.05. The Hall–Kier alpha value is -3.53. The minimum atomic E-state index is -0.436. The van der Waals surface area contributed by atoms with Crippen LogP contribution in [0.15, 0.2) is 40.0 Å². The van der Waals surface area contributed by atoms with Crippen LogP contribution in [-0.2, 0) is 0 Å². The van der Waals surface area contributed by atoms with Crippen LogP contribution in [0.4, 0.5) is 5.82 Å².